The van der Waals surface area contributed by atoms with Crippen LogP contribution in [0.25, 0.3) is 5.69 Å². The predicted octanol–water partition coefficient (Wildman–Crippen LogP) is 5.29. The Bertz CT molecular complexity index is 939. The summed E-state index contributed by atoms with van der Waals surface area (Å²) in [4.78, 5) is 12.3. The molecule has 1 aromatic heterocycles. The van der Waals surface area contributed by atoms with E-state index in [1.54, 1.807) is 0 Å². The molecule has 2 aromatic carbocycles. The van der Waals surface area contributed by atoms with Crippen LogP contribution in [-0.4, -0.2) is 10.6 Å². The summed E-state index contributed by atoms with van der Waals surface area (Å²) in [6.45, 7) is 8.84. The molecule has 0 radical (unpaired) electrons. The largest absolute Gasteiger partial charge is 0.334 e. The average molecular weight is 361 g/mol. The Balaban J connectivity index is 1.70. The molecule has 140 valence electrons. The Hall–Kier alpha value is -3.01. The van der Waals surface area contributed by atoms with E-state index in [1.807, 2.05) is 24.3 Å². The van der Waals surface area contributed by atoms with Crippen LogP contribution in [0.2, 0.25) is 0 Å². The number of benzene rings is 2. The lowest BCUT2D eigenvalue weighted by Crippen LogP contribution is -2.28. The SMILES string of the molecule is CCc1ccccc1NC(=O)NCc1cc(C)n(-c2ccc(C)cc2)c1C. The number of hydrogen-bond donors (Lipinski definition) is 2. The van der Waals surface area contributed by atoms with Crippen LogP contribution in [0.5, 0.6) is 0 Å². The second kappa shape index (κ2) is 8.12. The smallest absolute Gasteiger partial charge is 0.319 e. The van der Waals surface area contributed by atoms with Gasteiger partial charge in [0, 0.05) is 29.3 Å². The minimum absolute atomic E-state index is 0.184. The zero-order chi connectivity index (χ0) is 19.4. The molecule has 2 N–H and O–H groups in total. The van der Waals surface area contributed by atoms with Crippen LogP contribution in [-0.2, 0) is 13.0 Å². The zero-order valence-corrected chi connectivity index (χ0v) is 16.5. The van der Waals surface area contributed by atoms with Crippen molar-refractivity contribution in [1.82, 2.24) is 9.88 Å². The number of para-hydroxylation sites is 1. The van der Waals surface area contributed by atoms with Crippen molar-refractivity contribution in [2.45, 2.75) is 40.7 Å². The molecule has 0 bridgehead atoms. The van der Waals surface area contributed by atoms with Crippen LogP contribution in [0.15, 0.2) is 54.6 Å². The highest BCUT2D eigenvalue weighted by atomic mass is 16.2. The summed E-state index contributed by atoms with van der Waals surface area (Å²) in [5.41, 5.74) is 7.80. The van der Waals surface area contributed by atoms with Gasteiger partial charge in [-0.05, 0) is 62.6 Å². The van der Waals surface area contributed by atoms with Crippen LogP contribution >= 0.6 is 0 Å². The minimum atomic E-state index is -0.184. The Kier molecular flexibility index (Phi) is 5.65. The van der Waals surface area contributed by atoms with E-state index in [0.717, 1.165) is 40.3 Å². The molecule has 27 heavy (non-hydrogen) atoms. The van der Waals surface area contributed by atoms with E-state index in [2.05, 4.69) is 73.2 Å². The maximum atomic E-state index is 12.3. The fraction of sp³-hybridized carbons (Fsp3) is 0.261. The number of rotatable bonds is 5. The molecule has 0 aliphatic rings. The van der Waals surface area contributed by atoms with Crippen molar-refractivity contribution >= 4 is 11.7 Å². The van der Waals surface area contributed by atoms with E-state index in [1.165, 1.54) is 5.56 Å². The number of amides is 2. The van der Waals surface area contributed by atoms with Gasteiger partial charge in [-0.15, -0.1) is 0 Å². The maximum Gasteiger partial charge on any atom is 0.319 e. The van der Waals surface area contributed by atoms with Crippen LogP contribution in [0.4, 0.5) is 10.5 Å². The Morgan fingerprint density at radius 3 is 2.37 bits per heavy atom. The quantitative estimate of drug-likeness (QED) is 0.637. The van der Waals surface area contributed by atoms with Gasteiger partial charge in [0.05, 0.1) is 0 Å². The van der Waals surface area contributed by atoms with Crippen molar-refractivity contribution < 1.29 is 4.79 Å². The highest BCUT2D eigenvalue weighted by Crippen LogP contribution is 2.21. The van der Waals surface area contributed by atoms with Crippen molar-refractivity contribution in [3.8, 4) is 5.69 Å². The second-order valence-corrected chi connectivity index (χ2v) is 6.89. The number of aryl methyl sites for hydroxylation is 3. The summed E-state index contributed by atoms with van der Waals surface area (Å²) < 4.78 is 2.22. The lowest BCUT2D eigenvalue weighted by Gasteiger charge is -2.12. The van der Waals surface area contributed by atoms with Gasteiger partial charge in [0.15, 0.2) is 0 Å². The Morgan fingerprint density at radius 1 is 0.963 bits per heavy atom. The molecule has 0 fully saturated rings. The van der Waals surface area contributed by atoms with E-state index < -0.39 is 0 Å². The summed E-state index contributed by atoms with van der Waals surface area (Å²) in [5, 5.41) is 5.93. The first-order valence-electron chi connectivity index (χ1n) is 9.37. The zero-order valence-electron chi connectivity index (χ0n) is 16.5. The Labute approximate surface area is 161 Å². The highest BCUT2D eigenvalue weighted by molar-refractivity contribution is 5.90. The van der Waals surface area contributed by atoms with E-state index in [4.69, 9.17) is 0 Å². The van der Waals surface area contributed by atoms with E-state index in [0.29, 0.717) is 6.54 Å². The molecule has 2 amide bonds. The first kappa shape index (κ1) is 18.8. The summed E-state index contributed by atoms with van der Waals surface area (Å²) in [7, 11) is 0. The third-order valence-corrected chi connectivity index (χ3v) is 4.91. The number of hydrogen-bond acceptors (Lipinski definition) is 1. The summed E-state index contributed by atoms with van der Waals surface area (Å²) in [6.07, 6.45) is 0.883. The van der Waals surface area contributed by atoms with Crippen molar-refractivity contribution in [3.63, 3.8) is 0 Å². The Morgan fingerprint density at radius 2 is 1.67 bits per heavy atom. The summed E-state index contributed by atoms with van der Waals surface area (Å²) in [6, 6.07) is 18.3. The van der Waals surface area contributed by atoms with Gasteiger partial charge in [-0.1, -0.05) is 42.8 Å². The number of carbonyl (C=O) groups excluding carboxylic acids is 1. The number of nitrogens with zero attached hydrogens (tertiary/aromatic N) is 1. The van der Waals surface area contributed by atoms with Crippen LogP contribution in [0.1, 0.15) is 35.0 Å². The van der Waals surface area contributed by atoms with E-state index in [9.17, 15) is 4.79 Å². The molecule has 0 spiro atoms. The normalized spacial score (nSPS) is 10.7. The first-order valence-corrected chi connectivity index (χ1v) is 9.37. The number of anilines is 1. The van der Waals surface area contributed by atoms with Crippen molar-refractivity contribution in [1.29, 1.82) is 0 Å². The van der Waals surface area contributed by atoms with Gasteiger partial charge in [0.25, 0.3) is 0 Å². The number of aromatic nitrogens is 1. The molecule has 3 aromatic rings. The first-order chi connectivity index (χ1) is 13.0. The minimum Gasteiger partial charge on any atom is -0.334 e. The van der Waals surface area contributed by atoms with E-state index >= 15 is 0 Å². The highest BCUT2D eigenvalue weighted by Gasteiger charge is 2.12. The molecule has 4 nitrogen and oxygen atoms in total. The third-order valence-electron chi connectivity index (χ3n) is 4.91. The molecular formula is C23H27N3O. The monoisotopic (exact) mass is 361 g/mol. The standard InChI is InChI=1S/C23H27N3O/c1-5-19-8-6-7-9-22(19)25-23(27)24-15-20-14-17(3)26(18(20)4)21-12-10-16(2)11-13-21/h6-14H,5,15H2,1-4H3,(H2,24,25,27). The lowest BCUT2D eigenvalue weighted by molar-refractivity contribution is 0.251. The van der Waals surface area contributed by atoms with Gasteiger partial charge in [0.1, 0.15) is 0 Å². The van der Waals surface area contributed by atoms with Crippen molar-refractivity contribution in [3.05, 3.63) is 82.7 Å². The molecule has 0 unspecified atom stereocenters. The van der Waals surface area contributed by atoms with Crippen LogP contribution in [0, 0.1) is 20.8 Å². The number of nitrogens with one attached hydrogen (secondary N) is 2. The molecule has 0 aliphatic carbocycles. The van der Waals surface area contributed by atoms with Gasteiger partial charge in [-0.2, -0.15) is 0 Å². The van der Waals surface area contributed by atoms with Gasteiger partial charge in [0.2, 0.25) is 0 Å². The third kappa shape index (κ3) is 4.22. The molecule has 3 rings (SSSR count). The molecule has 1 heterocycles. The second-order valence-electron chi connectivity index (χ2n) is 6.89. The fourth-order valence-corrected chi connectivity index (χ4v) is 3.39. The maximum absolute atomic E-state index is 12.3. The van der Waals surface area contributed by atoms with Gasteiger partial charge < -0.3 is 15.2 Å². The van der Waals surface area contributed by atoms with Gasteiger partial charge >= 0.3 is 6.03 Å². The molecule has 0 aliphatic heterocycles. The molecule has 4 heteroatoms. The fourth-order valence-electron chi connectivity index (χ4n) is 3.39. The van der Waals surface area contributed by atoms with Crippen LogP contribution < -0.4 is 10.6 Å². The summed E-state index contributed by atoms with van der Waals surface area (Å²) in [5.74, 6) is 0. The molecule has 0 atom stereocenters. The predicted molar refractivity (Wildman–Crippen MR) is 112 cm³/mol. The van der Waals surface area contributed by atoms with Gasteiger partial charge in [-0.3, -0.25) is 0 Å². The number of carbonyl (C=O) groups is 1. The molecular weight excluding hydrogens is 334 g/mol. The molecule has 0 saturated heterocycles. The molecule has 0 saturated carbocycles. The number of urea groups is 1. The van der Waals surface area contributed by atoms with Crippen LogP contribution in [0.3, 0.4) is 0 Å². The van der Waals surface area contributed by atoms with Crippen molar-refractivity contribution in [2.75, 3.05) is 5.32 Å². The van der Waals surface area contributed by atoms with Gasteiger partial charge in [-0.25, -0.2) is 4.79 Å². The summed E-state index contributed by atoms with van der Waals surface area (Å²) >= 11 is 0. The average Bonchev–Trinajstić information content (AvgIpc) is 2.95. The van der Waals surface area contributed by atoms with Crippen molar-refractivity contribution in [2.24, 2.45) is 0 Å². The topological polar surface area (TPSA) is 46.1 Å². The lowest BCUT2D eigenvalue weighted by atomic mass is 10.1. The van der Waals surface area contributed by atoms with E-state index in [-0.39, 0.29) is 6.03 Å².